The quantitative estimate of drug-likeness (QED) is 0.122. The number of carboxylic acids is 1. The van der Waals surface area contributed by atoms with Crippen LogP contribution in [0, 0.1) is 17.3 Å². The van der Waals surface area contributed by atoms with Crippen molar-refractivity contribution >= 4 is 40.2 Å². The molecule has 4 heterocycles. The van der Waals surface area contributed by atoms with Crippen molar-refractivity contribution in [1.29, 1.82) is 0 Å². The van der Waals surface area contributed by atoms with Gasteiger partial charge in [0.1, 0.15) is 17.7 Å². The molecule has 2 unspecified atom stereocenters. The molecule has 2 fully saturated rings. The third kappa shape index (κ3) is 8.15. The molecule has 4 aromatic rings. The molecular weight excluding hydrogens is 747 g/mol. The van der Waals surface area contributed by atoms with E-state index >= 15 is 0 Å². The number of nitrogens with one attached hydrogen (secondary N) is 2. The second-order valence-corrected chi connectivity index (χ2v) is 17.3. The van der Waals surface area contributed by atoms with Crippen molar-refractivity contribution in [3.63, 3.8) is 0 Å². The van der Waals surface area contributed by atoms with Gasteiger partial charge in [-0.1, -0.05) is 19.9 Å². The summed E-state index contributed by atoms with van der Waals surface area (Å²) in [6.07, 6.45) is 1.03. The molecule has 5 atom stereocenters. The number of aliphatic hydroxyl groups excluding tert-OH is 1. The highest BCUT2D eigenvalue weighted by atomic mass is 32.1. The summed E-state index contributed by atoms with van der Waals surface area (Å²) in [5.41, 5.74) is 7.30. The van der Waals surface area contributed by atoms with Crippen LogP contribution in [0.25, 0.3) is 33.4 Å². The Morgan fingerprint density at radius 3 is 2.55 bits per heavy atom. The number of fused-ring (bicyclic) bond motifs is 2. The van der Waals surface area contributed by atoms with Crippen molar-refractivity contribution in [3.8, 4) is 22.5 Å². The number of carboxylic acid groups (broad SMARTS) is 1. The van der Waals surface area contributed by atoms with Crippen molar-refractivity contribution in [2.24, 2.45) is 17.3 Å². The van der Waals surface area contributed by atoms with Crippen LogP contribution in [0.1, 0.15) is 70.8 Å². The number of carbonyl (C=O) groups excluding carboxylic acids is 2. The molecule has 1 aliphatic heterocycles. The maximum Gasteiger partial charge on any atom is 0.408 e. The molecule has 0 spiro atoms. The monoisotopic (exact) mass is 796 g/mol. The van der Waals surface area contributed by atoms with Gasteiger partial charge >= 0.3 is 12.1 Å². The Bertz CT molecular complexity index is 2130. The number of rotatable bonds is 13. The minimum Gasteiger partial charge on any atom is -0.480 e. The number of hydrogen-bond acceptors (Lipinski definition) is 10. The first-order valence-electron chi connectivity index (χ1n) is 18.7. The van der Waals surface area contributed by atoms with E-state index in [0.717, 1.165) is 44.0 Å². The van der Waals surface area contributed by atoms with E-state index in [1.807, 2.05) is 50.4 Å². The number of aliphatic carboxylic acids is 1. The summed E-state index contributed by atoms with van der Waals surface area (Å²) in [5.74, 6) is -8.27. The lowest BCUT2D eigenvalue weighted by atomic mass is 9.84. The molecule has 16 heteroatoms. The van der Waals surface area contributed by atoms with Crippen LogP contribution in [0.5, 0.6) is 0 Å². The summed E-state index contributed by atoms with van der Waals surface area (Å²) in [5, 5.41) is 26.8. The number of carbonyl (C=O) groups is 3. The number of methoxy groups -OCH3 is 1. The second-order valence-electron chi connectivity index (χ2n) is 16.3. The van der Waals surface area contributed by atoms with Crippen molar-refractivity contribution in [2.75, 3.05) is 20.3 Å². The average molecular weight is 797 g/mol. The number of aliphatic hydroxyl groups is 1. The SMILES string of the molecule is CCn1c(-c2cccnc2[C@H](C)OC)c(CC(C)(C)CO)c2cc(-c3csc(C[C@H](NC(=O)OC(C)(C)C)C(=O)N4CC5C([C@@H](C(=O)O)N4)C5(F)F)n3)ccc21. The highest BCUT2D eigenvalue weighted by Gasteiger charge is 2.74. The first-order valence-corrected chi connectivity index (χ1v) is 19.5. The Kier molecular flexibility index (Phi) is 11.3. The molecule has 13 nitrogen and oxygen atoms in total. The number of hydrazine groups is 1. The van der Waals surface area contributed by atoms with Crippen molar-refractivity contribution in [1.82, 2.24) is 30.3 Å². The summed E-state index contributed by atoms with van der Waals surface area (Å²) in [6, 6.07) is 7.05. The van der Waals surface area contributed by atoms with Crippen LogP contribution in [-0.4, -0.2) is 91.6 Å². The van der Waals surface area contributed by atoms with E-state index in [0.29, 0.717) is 23.7 Å². The zero-order chi connectivity index (χ0) is 40.9. The molecule has 2 aliphatic rings. The van der Waals surface area contributed by atoms with Gasteiger partial charge in [0.15, 0.2) is 0 Å². The van der Waals surface area contributed by atoms with Gasteiger partial charge in [-0.3, -0.25) is 19.6 Å². The second kappa shape index (κ2) is 15.4. The molecule has 1 aromatic carbocycles. The fourth-order valence-corrected chi connectivity index (χ4v) is 8.35. The third-order valence-corrected chi connectivity index (χ3v) is 11.3. The number of ether oxygens (including phenoxy) is 2. The van der Waals surface area contributed by atoms with Crippen LogP contribution in [0.2, 0.25) is 0 Å². The van der Waals surface area contributed by atoms with E-state index in [4.69, 9.17) is 19.4 Å². The fourth-order valence-electron chi connectivity index (χ4n) is 7.50. The number of thiazole rings is 1. The predicted molar refractivity (Wildman–Crippen MR) is 207 cm³/mol. The smallest absolute Gasteiger partial charge is 0.408 e. The van der Waals surface area contributed by atoms with Gasteiger partial charge in [-0.2, -0.15) is 0 Å². The minimum atomic E-state index is -3.24. The minimum absolute atomic E-state index is 0.0282. The van der Waals surface area contributed by atoms with E-state index in [2.05, 4.69) is 28.3 Å². The van der Waals surface area contributed by atoms with E-state index in [9.17, 15) is 33.4 Å². The number of nitrogens with zero attached hydrogens (tertiary/aromatic N) is 4. The van der Waals surface area contributed by atoms with Gasteiger partial charge in [0.2, 0.25) is 0 Å². The summed E-state index contributed by atoms with van der Waals surface area (Å²) in [4.78, 5) is 48.3. The van der Waals surface area contributed by atoms with Gasteiger partial charge in [0, 0.05) is 66.8 Å². The number of alkyl carbamates (subject to hydrolysis) is 1. The topological polar surface area (TPSA) is 168 Å². The van der Waals surface area contributed by atoms with Crippen LogP contribution in [0.3, 0.4) is 0 Å². The fraction of sp³-hybridized carbons (Fsp3) is 0.525. The molecule has 6 rings (SSSR count). The molecule has 4 N–H and O–H groups in total. The number of halogens is 2. The van der Waals surface area contributed by atoms with Crippen LogP contribution in [-0.2, 0) is 38.4 Å². The number of benzene rings is 1. The third-order valence-electron chi connectivity index (χ3n) is 10.4. The lowest BCUT2D eigenvalue weighted by Crippen LogP contribution is -2.61. The number of pyridine rings is 1. The van der Waals surface area contributed by atoms with Gasteiger partial charge in [0.25, 0.3) is 11.8 Å². The molecule has 302 valence electrons. The molecule has 1 saturated heterocycles. The number of aromatic nitrogens is 3. The maximum atomic E-state index is 14.5. The first-order chi connectivity index (χ1) is 26.3. The van der Waals surface area contributed by atoms with Crippen LogP contribution < -0.4 is 10.7 Å². The van der Waals surface area contributed by atoms with E-state index < -0.39 is 65.4 Å². The largest absolute Gasteiger partial charge is 0.480 e. The van der Waals surface area contributed by atoms with E-state index in [1.165, 1.54) is 11.3 Å². The molecule has 1 aliphatic carbocycles. The van der Waals surface area contributed by atoms with Crippen LogP contribution >= 0.6 is 11.3 Å². The highest BCUT2D eigenvalue weighted by Crippen LogP contribution is 2.58. The van der Waals surface area contributed by atoms with Crippen molar-refractivity contribution < 1.29 is 42.9 Å². The van der Waals surface area contributed by atoms with Crippen LogP contribution in [0.15, 0.2) is 41.9 Å². The van der Waals surface area contributed by atoms with E-state index in [-0.39, 0.29) is 19.1 Å². The molecule has 56 heavy (non-hydrogen) atoms. The van der Waals surface area contributed by atoms with Gasteiger partial charge in [-0.25, -0.2) is 24.0 Å². The lowest BCUT2D eigenvalue weighted by Gasteiger charge is -2.33. The Hall–Kier alpha value is -4.51. The first kappa shape index (κ1) is 41.1. The summed E-state index contributed by atoms with van der Waals surface area (Å²) in [7, 11) is 1.65. The van der Waals surface area contributed by atoms with E-state index in [1.54, 1.807) is 34.1 Å². The molecule has 0 radical (unpaired) electrons. The van der Waals surface area contributed by atoms with Gasteiger partial charge in [-0.15, -0.1) is 11.3 Å². The molecule has 0 bridgehead atoms. The number of amides is 2. The van der Waals surface area contributed by atoms with Crippen molar-refractivity contribution in [3.05, 3.63) is 58.2 Å². The van der Waals surface area contributed by atoms with Crippen molar-refractivity contribution in [2.45, 2.75) is 97.6 Å². The number of hydrogen-bond donors (Lipinski definition) is 4. The Morgan fingerprint density at radius 2 is 1.91 bits per heavy atom. The average Bonchev–Trinajstić information content (AvgIpc) is 3.41. The summed E-state index contributed by atoms with van der Waals surface area (Å²) >= 11 is 1.26. The Balaban J connectivity index is 1.36. The maximum absolute atomic E-state index is 14.5. The summed E-state index contributed by atoms with van der Waals surface area (Å²) in [6.45, 7) is 13.3. The number of aryl methyl sites for hydroxylation is 1. The molecular formula is C40H50F2N6O7S. The molecule has 3 aromatic heterocycles. The Labute approximate surface area is 328 Å². The molecule has 1 saturated carbocycles. The summed E-state index contributed by atoms with van der Waals surface area (Å²) < 4.78 is 42.4. The Morgan fingerprint density at radius 1 is 1.18 bits per heavy atom. The molecule has 2 amide bonds. The van der Waals surface area contributed by atoms with Gasteiger partial charge < -0.3 is 29.6 Å². The zero-order valence-corrected chi connectivity index (χ0v) is 33.7. The standard InChI is InChI=1S/C40H50F2N6O7S/c1-9-47-29-13-12-22(15-24(29)25(17-39(6,7)20-49)34(47)23-11-10-14-43-32(23)21(2)54-8)28-19-56-30(44-28)16-27(45-37(53)55-38(3,4)5)35(50)48-18-26-31(40(26,41)42)33(46-48)36(51)52/h10-15,19,21,26-27,31,33,46,49H,9,16-18,20H2,1-8H3,(H,45,53)(H,51,52)/t21-,26?,27-,31?,33-/m0/s1. The zero-order valence-electron chi connectivity index (χ0n) is 32.9. The van der Waals surface area contributed by atoms with Gasteiger partial charge in [-0.05, 0) is 76.3 Å². The highest BCUT2D eigenvalue weighted by molar-refractivity contribution is 7.10. The lowest BCUT2D eigenvalue weighted by molar-refractivity contribution is -0.148. The van der Waals surface area contributed by atoms with Gasteiger partial charge in [0.05, 0.1) is 40.0 Å². The predicted octanol–water partition coefficient (Wildman–Crippen LogP) is 6.23. The van der Waals surface area contributed by atoms with Crippen LogP contribution in [0.4, 0.5) is 13.6 Å². The number of alkyl halides is 2. The normalized spacial score (nSPS) is 20.3.